The Morgan fingerprint density at radius 2 is 2.05 bits per heavy atom. The van der Waals surface area contributed by atoms with Crippen LogP contribution in [0.25, 0.3) is 0 Å². The van der Waals surface area contributed by atoms with Crippen LogP contribution in [0.15, 0.2) is 4.52 Å². The molecule has 3 rings (SSSR count). The number of carboxylic acids is 1. The van der Waals surface area contributed by atoms with Crippen LogP contribution in [0.5, 0.6) is 0 Å². The van der Waals surface area contributed by atoms with Crippen molar-refractivity contribution in [1.29, 1.82) is 0 Å². The lowest BCUT2D eigenvalue weighted by Crippen LogP contribution is -2.52. The summed E-state index contributed by atoms with van der Waals surface area (Å²) in [5.74, 6) is 0.0824. The van der Waals surface area contributed by atoms with Crippen molar-refractivity contribution in [1.82, 2.24) is 15.0 Å². The molecule has 22 heavy (non-hydrogen) atoms. The minimum Gasteiger partial charge on any atom is -0.480 e. The van der Waals surface area contributed by atoms with Crippen LogP contribution in [0, 0.1) is 13.8 Å². The Kier molecular flexibility index (Phi) is 4.49. The van der Waals surface area contributed by atoms with Gasteiger partial charge in [0.15, 0.2) is 0 Å². The number of piperidine rings is 1. The highest BCUT2D eigenvalue weighted by atomic mass is 16.5. The van der Waals surface area contributed by atoms with Gasteiger partial charge in [0, 0.05) is 24.7 Å². The molecule has 0 bridgehead atoms. The van der Waals surface area contributed by atoms with E-state index in [-0.39, 0.29) is 0 Å². The van der Waals surface area contributed by atoms with Crippen LogP contribution in [0.4, 0.5) is 0 Å². The van der Waals surface area contributed by atoms with Gasteiger partial charge in [0.05, 0.1) is 5.69 Å². The fourth-order valence-corrected chi connectivity index (χ4v) is 3.81. The number of carbonyl (C=O) groups is 1. The molecule has 0 aliphatic carbocycles. The van der Waals surface area contributed by atoms with Gasteiger partial charge >= 0.3 is 5.97 Å². The number of nitrogens with zero attached hydrogens (tertiary/aromatic N) is 3. The third-order valence-electron chi connectivity index (χ3n) is 5.17. The second kappa shape index (κ2) is 6.38. The third kappa shape index (κ3) is 3.03. The fourth-order valence-electron chi connectivity index (χ4n) is 3.81. The van der Waals surface area contributed by atoms with Crippen LogP contribution >= 0.6 is 0 Å². The lowest BCUT2D eigenvalue weighted by molar-refractivity contribution is -0.146. The van der Waals surface area contributed by atoms with Crippen LogP contribution in [-0.2, 0) is 11.3 Å². The van der Waals surface area contributed by atoms with E-state index < -0.39 is 12.0 Å². The van der Waals surface area contributed by atoms with Crippen molar-refractivity contribution in [2.45, 2.75) is 58.2 Å². The fraction of sp³-hybridized carbons (Fsp3) is 0.750. The molecular formula is C16H25N3O3. The molecule has 0 amide bonds. The lowest BCUT2D eigenvalue weighted by atomic mass is 9.95. The van der Waals surface area contributed by atoms with Crippen molar-refractivity contribution >= 4 is 5.97 Å². The number of aromatic nitrogens is 1. The van der Waals surface area contributed by atoms with Crippen molar-refractivity contribution in [3.8, 4) is 0 Å². The third-order valence-corrected chi connectivity index (χ3v) is 5.17. The van der Waals surface area contributed by atoms with Crippen LogP contribution in [0.2, 0.25) is 0 Å². The number of hydrogen-bond acceptors (Lipinski definition) is 5. The van der Waals surface area contributed by atoms with Gasteiger partial charge in [0.1, 0.15) is 11.8 Å². The van der Waals surface area contributed by atoms with Crippen molar-refractivity contribution in [3.63, 3.8) is 0 Å². The minimum atomic E-state index is -0.712. The van der Waals surface area contributed by atoms with Gasteiger partial charge in [-0.15, -0.1) is 0 Å². The smallest absolute Gasteiger partial charge is 0.320 e. The van der Waals surface area contributed by atoms with Crippen LogP contribution in [0.3, 0.4) is 0 Å². The first-order chi connectivity index (χ1) is 10.6. The average molecular weight is 307 g/mol. The van der Waals surface area contributed by atoms with Gasteiger partial charge in [0.25, 0.3) is 0 Å². The highest BCUT2D eigenvalue weighted by Gasteiger charge is 2.36. The second-order valence-corrected chi connectivity index (χ2v) is 6.55. The maximum absolute atomic E-state index is 11.7. The Labute approximate surface area is 131 Å². The number of aryl methyl sites for hydroxylation is 2. The second-order valence-electron chi connectivity index (χ2n) is 6.55. The molecule has 2 atom stereocenters. The molecule has 2 aliphatic rings. The van der Waals surface area contributed by atoms with E-state index in [0.29, 0.717) is 12.6 Å². The molecule has 122 valence electrons. The van der Waals surface area contributed by atoms with Gasteiger partial charge in [-0.2, -0.15) is 0 Å². The Balaban J connectivity index is 1.70. The summed E-state index contributed by atoms with van der Waals surface area (Å²) in [5.41, 5.74) is 1.90. The SMILES string of the molecule is Cc1noc(C)c1CN1CC[C@@H](N2CCCC2)C[C@@H]1C(=O)O. The van der Waals surface area contributed by atoms with Crippen molar-refractivity contribution in [2.75, 3.05) is 19.6 Å². The largest absolute Gasteiger partial charge is 0.480 e. The summed E-state index contributed by atoms with van der Waals surface area (Å²) >= 11 is 0. The molecule has 6 heteroatoms. The molecule has 2 fully saturated rings. The summed E-state index contributed by atoms with van der Waals surface area (Å²) in [6.45, 7) is 7.50. The van der Waals surface area contributed by atoms with E-state index in [1.54, 1.807) is 0 Å². The molecule has 0 aromatic carbocycles. The Hall–Kier alpha value is -1.40. The Bertz CT molecular complexity index is 517. The van der Waals surface area contributed by atoms with E-state index in [9.17, 15) is 9.90 Å². The quantitative estimate of drug-likeness (QED) is 0.915. The average Bonchev–Trinajstić information content (AvgIpc) is 3.13. The Morgan fingerprint density at radius 3 is 2.64 bits per heavy atom. The first-order valence-corrected chi connectivity index (χ1v) is 8.19. The van der Waals surface area contributed by atoms with E-state index in [1.165, 1.54) is 12.8 Å². The number of aliphatic carboxylic acids is 1. The molecule has 0 unspecified atom stereocenters. The molecule has 2 saturated heterocycles. The van der Waals surface area contributed by atoms with Crippen LogP contribution in [0.1, 0.15) is 42.7 Å². The summed E-state index contributed by atoms with van der Waals surface area (Å²) in [5, 5.41) is 13.6. The maximum atomic E-state index is 11.7. The van der Waals surface area contributed by atoms with E-state index in [4.69, 9.17) is 4.52 Å². The molecule has 3 heterocycles. The monoisotopic (exact) mass is 307 g/mol. The zero-order valence-corrected chi connectivity index (χ0v) is 13.4. The zero-order chi connectivity index (χ0) is 15.7. The summed E-state index contributed by atoms with van der Waals surface area (Å²) < 4.78 is 5.20. The molecule has 1 N–H and O–H groups in total. The highest BCUT2D eigenvalue weighted by molar-refractivity contribution is 5.73. The summed E-state index contributed by atoms with van der Waals surface area (Å²) in [4.78, 5) is 16.3. The first-order valence-electron chi connectivity index (χ1n) is 8.19. The lowest BCUT2D eigenvalue weighted by Gasteiger charge is -2.40. The summed E-state index contributed by atoms with van der Waals surface area (Å²) in [7, 11) is 0. The van der Waals surface area contributed by atoms with Gasteiger partial charge in [-0.05, 0) is 52.6 Å². The van der Waals surface area contributed by atoms with Gasteiger partial charge in [0.2, 0.25) is 0 Å². The Morgan fingerprint density at radius 1 is 1.32 bits per heavy atom. The van der Waals surface area contributed by atoms with Gasteiger partial charge in [-0.25, -0.2) is 0 Å². The number of carboxylic acid groups (broad SMARTS) is 1. The molecule has 0 saturated carbocycles. The number of hydrogen-bond donors (Lipinski definition) is 1. The molecule has 0 spiro atoms. The highest BCUT2D eigenvalue weighted by Crippen LogP contribution is 2.27. The van der Waals surface area contributed by atoms with Crippen LogP contribution < -0.4 is 0 Å². The normalized spacial score (nSPS) is 27.4. The molecule has 6 nitrogen and oxygen atoms in total. The van der Waals surface area contributed by atoms with E-state index >= 15 is 0 Å². The number of rotatable bonds is 4. The standard InChI is InChI=1S/C16H25N3O3/c1-11-14(12(2)22-17-11)10-19-8-5-13(9-15(19)16(20)21)18-6-3-4-7-18/h13,15H,3-10H2,1-2H3,(H,20,21)/t13-,15-/m1/s1. The van der Waals surface area contributed by atoms with E-state index in [1.807, 2.05) is 13.8 Å². The molecule has 2 aliphatic heterocycles. The van der Waals surface area contributed by atoms with E-state index in [0.717, 1.165) is 49.5 Å². The summed E-state index contributed by atoms with van der Waals surface area (Å²) in [6, 6.07) is 0.0116. The molecule has 0 radical (unpaired) electrons. The predicted molar refractivity (Wildman–Crippen MR) is 81.6 cm³/mol. The van der Waals surface area contributed by atoms with Gasteiger partial charge in [-0.3, -0.25) is 9.69 Å². The minimum absolute atomic E-state index is 0.409. The van der Waals surface area contributed by atoms with Crippen molar-refractivity contribution in [3.05, 3.63) is 17.0 Å². The van der Waals surface area contributed by atoms with Crippen LogP contribution in [-0.4, -0.2) is 57.8 Å². The topological polar surface area (TPSA) is 69.8 Å². The van der Waals surface area contributed by atoms with E-state index in [2.05, 4.69) is 15.0 Å². The van der Waals surface area contributed by atoms with Crippen molar-refractivity contribution in [2.24, 2.45) is 0 Å². The molecular weight excluding hydrogens is 282 g/mol. The zero-order valence-electron chi connectivity index (χ0n) is 13.4. The molecule has 1 aromatic heterocycles. The predicted octanol–water partition coefficient (Wildman–Crippen LogP) is 1.80. The molecule has 1 aromatic rings. The number of likely N-dealkylation sites (tertiary alicyclic amines) is 2. The summed E-state index contributed by atoms with van der Waals surface area (Å²) in [6.07, 6.45) is 4.26. The van der Waals surface area contributed by atoms with Gasteiger partial charge < -0.3 is 14.5 Å². The maximum Gasteiger partial charge on any atom is 0.320 e. The first kappa shape index (κ1) is 15.5. The van der Waals surface area contributed by atoms with Crippen molar-refractivity contribution < 1.29 is 14.4 Å². The van der Waals surface area contributed by atoms with Gasteiger partial charge in [-0.1, -0.05) is 5.16 Å².